The first-order chi connectivity index (χ1) is 11.5. The Balaban J connectivity index is 1.55. The van der Waals surface area contributed by atoms with E-state index in [1.165, 1.54) is 12.4 Å². The Kier molecular flexibility index (Phi) is 5.00. The van der Waals surface area contributed by atoms with Crippen LogP contribution in [0.15, 0.2) is 12.4 Å². The Morgan fingerprint density at radius 3 is 2.96 bits per heavy atom. The van der Waals surface area contributed by atoms with E-state index in [-0.39, 0.29) is 24.3 Å². The Morgan fingerprint density at radius 2 is 2.25 bits per heavy atom. The first-order valence-electron chi connectivity index (χ1n) is 8.10. The molecular formula is C15H22F2N4O3. The minimum absolute atomic E-state index is 0.0401. The zero-order valence-electron chi connectivity index (χ0n) is 13.6. The smallest absolute Gasteiger partial charge is 0.319 e. The molecule has 2 saturated heterocycles. The summed E-state index contributed by atoms with van der Waals surface area (Å²) in [5, 5.41) is 2.66. The van der Waals surface area contributed by atoms with Gasteiger partial charge >= 0.3 is 12.6 Å². The summed E-state index contributed by atoms with van der Waals surface area (Å²) in [7, 11) is 0. The first kappa shape index (κ1) is 17.1. The monoisotopic (exact) mass is 344 g/mol. The molecule has 1 atom stereocenters. The highest BCUT2D eigenvalue weighted by Gasteiger charge is 2.42. The van der Waals surface area contributed by atoms with Crippen molar-refractivity contribution in [3.8, 4) is 0 Å². The van der Waals surface area contributed by atoms with E-state index >= 15 is 0 Å². The van der Waals surface area contributed by atoms with Crippen LogP contribution in [0.2, 0.25) is 0 Å². The maximum absolute atomic E-state index is 12.8. The number of rotatable bonds is 4. The van der Waals surface area contributed by atoms with Gasteiger partial charge in [0.1, 0.15) is 5.82 Å². The third-order valence-corrected chi connectivity index (χ3v) is 4.67. The fourth-order valence-corrected chi connectivity index (χ4v) is 3.28. The van der Waals surface area contributed by atoms with E-state index in [0.29, 0.717) is 26.3 Å². The summed E-state index contributed by atoms with van der Waals surface area (Å²) in [5.41, 5.74) is 0. The predicted octanol–water partition coefficient (Wildman–Crippen LogP) is 1.96. The zero-order valence-corrected chi connectivity index (χ0v) is 13.6. The van der Waals surface area contributed by atoms with Crippen LogP contribution >= 0.6 is 0 Å². The summed E-state index contributed by atoms with van der Waals surface area (Å²) in [5.74, 6) is -0.422. The van der Waals surface area contributed by atoms with Crippen molar-refractivity contribution in [2.75, 3.05) is 26.3 Å². The molecule has 3 heterocycles. The fraction of sp³-hybridized carbons (Fsp3) is 0.733. The summed E-state index contributed by atoms with van der Waals surface area (Å²) < 4.78 is 37.7. The number of aromatic nitrogens is 2. The number of nitrogens with zero attached hydrogens (tertiary/aromatic N) is 3. The van der Waals surface area contributed by atoms with E-state index in [4.69, 9.17) is 9.47 Å². The van der Waals surface area contributed by atoms with E-state index < -0.39 is 12.3 Å². The summed E-state index contributed by atoms with van der Waals surface area (Å²) in [6, 6.07) is -0.287. The van der Waals surface area contributed by atoms with Crippen molar-refractivity contribution in [2.24, 2.45) is 5.92 Å². The van der Waals surface area contributed by atoms with Gasteiger partial charge in [-0.25, -0.2) is 9.78 Å². The van der Waals surface area contributed by atoms with Crippen molar-refractivity contribution in [2.45, 2.75) is 38.6 Å². The number of hydrogen-bond acceptors (Lipinski definition) is 4. The van der Waals surface area contributed by atoms with Crippen LogP contribution < -0.4 is 5.32 Å². The molecule has 0 aromatic carbocycles. The van der Waals surface area contributed by atoms with Crippen molar-refractivity contribution >= 4 is 6.03 Å². The zero-order chi connectivity index (χ0) is 17.2. The SMILES string of the molecule is CC1([C@H]2CCCN(C(=O)NCc3nccn3C(F)F)C2)OCCO1. The molecule has 0 spiro atoms. The topological polar surface area (TPSA) is 68.6 Å². The minimum atomic E-state index is -2.67. The lowest BCUT2D eigenvalue weighted by Gasteiger charge is -2.39. The molecule has 1 aromatic rings. The van der Waals surface area contributed by atoms with Crippen LogP contribution in [0.4, 0.5) is 13.6 Å². The van der Waals surface area contributed by atoms with Gasteiger partial charge in [-0.05, 0) is 19.8 Å². The average molecular weight is 344 g/mol. The number of likely N-dealkylation sites (tertiary alicyclic amines) is 1. The molecule has 3 rings (SSSR count). The highest BCUT2D eigenvalue weighted by molar-refractivity contribution is 5.74. The molecule has 0 saturated carbocycles. The third-order valence-electron chi connectivity index (χ3n) is 4.67. The van der Waals surface area contributed by atoms with Gasteiger partial charge in [0.25, 0.3) is 0 Å². The Labute approximate surface area is 138 Å². The maximum atomic E-state index is 12.8. The van der Waals surface area contributed by atoms with Gasteiger partial charge in [0, 0.05) is 31.4 Å². The second-order valence-electron chi connectivity index (χ2n) is 6.19. The molecule has 0 aliphatic carbocycles. The van der Waals surface area contributed by atoms with Crippen LogP contribution in [0.1, 0.15) is 32.1 Å². The van der Waals surface area contributed by atoms with Crippen molar-refractivity contribution in [1.29, 1.82) is 0 Å². The third kappa shape index (κ3) is 3.51. The number of ether oxygens (including phenoxy) is 2. The van der Waals surface area contributed by atoms with Crippen LogP contribution in [0, 0.1) is 5.92 Å². The van der Waals surface area contributed by atoms with Gasteiger partial charge in [0.2, 0.25) is 0 Å². The number of amides is 2. The van der Waals surface area contributed by atoms with Gasteiger partial charge in [-0.1, -0.05) is 0 Å². The summed E-state index contributed by atoms with van der Waals surface area (Å²) in [6.45, 7) is 1.47. The molecule has 134 valence electrons. The molecule has 0 unspecified atom stereocenters. The molecule has 2 amide bonds. The van der Waals surface area contributed by atoms with Crippen molar-refractivity contribution in [1.82, 2.24) is 19.8 Å². The molecule has 24 heavy (non-hydrogen) atoms. The number of nitrogens with one attached hydrogen (secondary N) is 1. The first-order valence-corrected chi connectivity index (χ1v) is 8.10. The molecule has 2 aliphatic rings. The van der Waals surface area contributed by atoms with Crippen LogP contribution in [0.3, 0.4) is 0 Å². The highest BCUT2D eigenvalue weighted by Crippen LogP contribution is 2.34. The highest BCUT2D eigenvalue weighted by atomic mass is 19.3. The fourth-order valence-electron chi connectivity index (χ4n) is 3.28. The Bertz CT molecular complexity index is 575. The lowest BCUT2D eigenvalue weighted by molar-refractivity contribution is -0.189. The lowest BCUT2D eigenvalue weighted by atomic mass is 9.90. The van der Waals surface area contributed by atoms with Crippen LogP contribution in [-0.2, 0) is 16.0 Å². The van der Waals surface area contributed by atoms with Crippen molar-refractivity contribution in [3.05, 3.63) is 18.2 Å². The minimum Gasteiger partial charge on any atom is -0.347 e. The van der Waals surface area contributed by atoms with E-state index in [2.05, 4.69) is 10.3 Å². The molecule has 7 nitrogen and oxygen atoms in total. The number of urea groups is 1. The van der Waals surface area contributed by atoms with E-state index in [9.17, 15) is 13.6 Å². The van der Waals surface area contributed by atoms with Gasteiger partial charge in [0.15, 0.2) is 5.79 Å². The second-order valence-corrected chi connectivity index (χ2v) is 6.19. The number of carbonyl (C=O) groups excluding carboxylic acids is 1. The van der Waals surface area contributed by atoms with Crippen LogP contribution in [0.25, 0.3) is 0 Å². The second kappa shape index (κ2) is 7.02. The number of halogens is 2. The Hall–Kier alpha value is -1.74. The molecule has 0 bridgehead atoms. The van der Waals surface area contributed by atoms with E-state index in [0.717, 1.165) is 17.4 Å². The molecule has 1 N–H and O–H groups in total. The maximum Gasteiger partial charge on any atom is 0.319 e. The molecular weight excluding hydrogens is 322 g/mol. The average Bonchev–Trinajstić information content (AvgIpc) is 3.22. The van der Waals surface area contributed by atoms with E-state index in [1.807, 2.05) is 6.92 Å². The van der Waals surface area contributed by atoms with Crippen LogP contribution in [0.5, 0.6) is 0 Å². The lowest BCUT2D eigenvalue weighted by Crippen LogP contribution is -2.51. The number of piperidine rings is 1. The van der Waals surface area contributed by atoms with Gasteiger partial charge in [-0.3, -0.25) is 4.57 Å². The molecule has 1 aromatic heterocycles. The van der Waals surface area contributed by atoms with Gasteiger partial charge in [-0.2, -0.15) is 8.78 Å². The van der Waals surface area contributed by atoms with Crippen molar-refractivity contribution in [3.63, 3.8) is 0 Å². The van der Waals surface area contributed by atoms with Crippen molar-refractivity contribution < 1.29 is 23.0 Å². The Morgan fingerprint density at radius 1 is 1.50 bits per heavy atom. The van der Waals surface area contributed by atoms with Crippen LogP contribution in [-0.4, -0.2) is 52.6 Å². The van der Waals surface area contributed by atoms with Gasteiger partial charge < -0.3 is 19.7 Å². The molecule has 0 radical (unpaired) electrons. The van der Waals surface area contributed by atoms with Gasteiger partial charge in [0.05, 0.1) is 19.8 Å². The van der Waals surface area contributed by atoms with Gasteiger partial charge in [-0.15, -0.1) is 0 Å². The predicted molar refractivity (Wildman–Crippen MR) is 80.3 cm³/mol. The number of carbonyl (C=O) groups is 1. The quantitative estimate of drug-likeness (QED) is 0.907. The summed E-state index contributed by atoms with van der Waals surface area (Å²) in [4.78, 5) is 17.9. The summed E-state index contributed by atoms with van der Waals surface area (Å²) in [6.07, 6.45) is 4.26. The number of hydrogen-bond donors (Lipinski definition) is 1. The van der Waals surface area contributed by atoms with E-state index in [1.54, 1.807) is 4.90 Å². The largest absolute Gasteiger partial charge is 0.347 e. The number of alkyl halides is 2. The molecule has 9 heteroatoms. The molecule has 2 aliphatic heterocycles. The normalized spacial score (nSPS) is 23.7. The summed E-state index contributed by atoms with van der Waals surface area (Å²) >= 11 is 0. The number of imidazole rings is 1. The standard InChI is InChI=1S/C15H22F2N4O3/c1-15(23-7-8-24-15)11-3-2-5-20(10-11)14(22)19-9-12-18-4-6-21(12)13(16)17/h4,6,11,13H,2-3,5,7-10H2,1H3,(H,19,22)/t11-/m0/s1. The molecule has 2 fully saturated rings.